The highest BCUT2D eigenvalue weighted by Crippen LogP contribution is 2.35. The number of amides is 1. The second kappa shape index (κ2) is 6.55. The van der Waals surface area contributed by atoms with E-state index in [0.717, 1.165) is 23.1 Å². The number of nitrogens with one attached hydrogen (secondary N) is 1. The van der Waals surface area contributed by atoms with E-state index in [-0.39, 0.29) is 29.8 Å². The van der Waals surface area contributed by atoms with Crippen LogP contribution in [0.5, 0.6) is 0 Å². The van der Waals surface area contributed by atoms with Gasteiger partial charge in [-0.2, -0.15) is 31.4 Å². The summed E-state index contributed by atoms with van der Waals surface area (Å²) in [4.78, 5) is 13.4. The lowest BCUT2D eigenvalue weighted by atomic mass is 10.0. The summed E-state index contributed by atoms with van der Waals surface area (Å²) < 4.78 is 77.3. The van der Waals surface area contributed by atoms with Gasteiger partial charge in [-0.25, -0.2) is 0 Å². The lowest BCUT2D eigenvalue weighted by Gasteiger charge is -2.29. The monoisotopic (exact) mass is 393 g/mol. The van der Waals surface area contributed by atoms with Crippen molar-refractivity contribution >= 4 is 5.91 Å². The Morgan fingerprint density at radius 3 is 2.52 bits per heavy atom. The van der Waals surface area contributed by atoms with Gasteiger partial charge in [0.1, 0.15) is 0 Å². The Bertz CT molecular complexity index is 859. The third-order valence-corrected chi connectivity index (χ3v) is 4.28. The van der Waals surface area contributed by atoms with Crippen LogP contribution < -0.4 is 0 Å². The van der Waals surface area contributed by atoms with Gasteiger partial charge >= 0.3 is 12.4 Å². The van der Waals surface area contributed by atoms with Crippen molar-refractivity contribution in [3.8, 4) is 0 Å². The predicted octanol–water partition coefficient (Wildman–Crippen LogP) is 3.07. The number of rotatable bonds is 2. The van der Waals surface area contributed by atoms with Gasteiger partial charge in [0.2, 0.25) is 0 Å². The van der Waals surface area contributed by atoms with Crippen LogP contribution in [-0.2, 0) is 30.1 Å². The number of nitrogens with zero attached hydrogens (tertiary/aromatic N) is 2. The van der Waals surface area contributed by atoms with Crippen LogP contribution in [0.4, 0.5) is 26.3 Å². The number of aliphatic hydroxyl groups is 1. The number of carbonyl (C=O) groups is 1. The third-order valence-electron chi connectivity index (χ3n) is 4.28. The molecule has 27 heavy (non-hydrogen) atoms. The summed E-state index contributed by atoms with van der Waals surface area (Å²) in [5, 5.41) is 15.7. The van der Waals surface area contributed by atoms with Gasteiger partial charge < -0.3 is 10.0 Å². The fraction of sp³-hybridized carbons (Fsp3) is 0.375. The standard InChI is InChI=1S/C16H13F6N3O2/c17-15(18,19)9-3-1-2-8(6-9)12(26)14(27)25-5-4-11-10(7-25)13(24-23-11)16(20,21)22/h1-3,6,12,26H,4-5,7H2,(H,23,24). The second-order valence-corrected chi connectivity index (χ2v) is 6.06. The van der Waals surface area contributed by atoms with Crippen LogP contribution in [0.25, 0.3) is 0 Å². The third kappa shape index (κ3) is 3.77. The Balaban J connectivity index is 1.82. The number of aliphatic hydroxyl groups excluding tert-OH is 1. The van der Waals surface area contributed by atoms with E-state index in [1.807, 2.05) is 0 Å². The maximum atomic E-state index is 13.0. The number of halogens is 6. The SMILES string of the molecule is O=C(C(O)c1cccc(C(F)(F)F)c1)N1CCc2[nH]nc(C(F)(F)F)c2C1. The summed E-state index contributed by atoms with van der Waals surface area (Å²) in [6, 6.07) is 3.61. The van der Waals surface area contributed by atoms with E-state index in [2.05, 4.69) is 10.2 Å². The molecule has 0 bridgehead atoms. The molecule has 1 unspecified atom stereocenters. The van der Waals surface area contributed by atoms with Crippen molar-refractivity contribution < 1.29 is 36.2 Å². The lowest BCUT2D eigenvalue weighted by Crippen LogP contribution is -2.39. The van der Waals surface area contributed by atoms with Gasteiger partial charge in [0.05, 0.1) is 5.56 Å². The number of aromatic nitrogens is 2. The molecule has 146 valence electrons. The molecule has 5 nitrogen and oxygen atoms in total. The van der Waals surface area contributed by atoms with Crippen molar-refractivity contribution in [2.24, 2.45) is 0 Å². The van der Waals surface area contributed by atoms with E-state index in [0.29, 0.717) is 6.07 Å². The first-order valence-electron chi connectivity index (χ1n) is 7.76. The van der Waals surface area contributed by atoms with Gasteiger partial charge in [0.25, 0.3) is 5.91 Å². The minimum Gasteiger partial charge on any atom is -0.378 e. The van der Waals surface area contributed by atoms with Gasteiger partial charge in [-0.1, -0.05) is 12.1 Å². The summed E-state index contributed by atoms with van der Waals surface area (Å²) in [6.45, 7) is -0.448. The lowest BCUT2D eigenvalue weighted by molar-refractivity contribution is -0.145. The number of hydrogen-bond acceptors (Lipinski definition) is 3. The summed E-state index contributed by atoms with van der Waals surface area (Å²) in [5.41, 5.74) is -2.45. The average molecular weight is 393 g/mol. The highest BCUT2D eigenvalue weighted by molar-refractivity contribution is 5.82. The molecule has 0 spiro atoms. The van der Waals surface area contributed by atoms with Crippen molar-refractivity contribution in [1.29, 1.82) is 0 Å². The zero-order chi connectivity index (χ0) is 20.0. The van der Waals surface area contributed by atoms with Gasteiger partial charge in [0.15, 0.2) is 11.8 Å². The Labute approximate surface area is 148 Å². The van der Waals surface area contributed by atoms with Crippen LogP contribution in [0, 0.1) is 0 Å². The van der Waals surface area contributed by atoms with Gasteiger partial charge in [-0.3, -0.25) is 9.89 Å². The van der Waals surface area contributed by atoms with Crippen LogP contribution in [-0.4, -0.2) is 32.7 Å². The molecule has 0 saturated heterocycles. The molecule has 1 aromatic heterocycles. The molecular weight excluding hydrogens is 380 g/mol. The molecule has 1 aliphatic rings. The molecule has 11 heteroatoms. The molecule has 2 aromatic rings. The summed E-state index contributed by atoms with van der Waals surface area (Å²) in [5.74, 6) is -0.978. The number of hydrogen-bond donors (Lipinski definition) is 2. The zero-order valence-electron chi connectivity index (χ0n) is 13.5. The van der Waals surface area contributed by atoms with Crippen LogP contribution in [0.2, 0.25) is 0 Å². The number of alkyl halides is 6. The van der Waals surface area contributed by atoms with Crippen LogP contribution >= 0.6 is 0 Å². The Kier molecular flexibility index (Phi) is 4.66. The number of aromatic amines is 1. The molecule has 1 aromatic carbocycles. The zero-order valence-corrected chi connectivity index (χ0v) is 13.5. The summed E-state index contributed by atoms with van der Waals surface area (Å²) in [6.07, 6.45) is -11.2. The number of fused-ring (bicyclic) bond motifs is 1. The quantitative estimate of drug-likeness (QED) is 0.771. The van der Waals surface area contributed by atoms with Crippen LogP contribution in [0.15, 0.2) is 24.3 Å². The maximum Gasteiger partial charge on any atom is 0.435 e. The van der Waals surface area contributed by atoms with Crippen molar-refractivity contribution in [3.63, 3.8) is 0 Å². The molecular formula is C16H13F6N3O2. The molecule has 1 atom stereocenters. The summed E-state index contributed by atoms with van der Waals surface area (Å²) in [7, 11) is 0. The van der Waals surface area contributed by atoms with E-state index in [1.54, 1.807) is 0 Å². The first-order chi connectivity index (χ1) is 12.5. The number of benzene rings is 1. The Hall–Kier alpha value is -2.56. The van der Waals surface area contributed by atoms with Gasteiger partial charge in [0, 0.05) is 30.8 Å². The Morgan fingerprint density at radius 1 is 1.19 bits per heavy atom. The van der Waals surface area contributed by atoms with Crippen LogP contribution in [0.3, 0.4) is 0 Å². The molecule has 1 aliphatic heterocycles. The second-order valence-electron chi connectivity index (χ2n) is 6.06. The first-order valence-corrected chi connectivity index (χ1v) is 7.76. The van der Waals surface area contributed by atoms with E-state index in [9.17, 15) is 36.2 Å². The fourth-order valence-electron chi connectivity index (χ4n) is 2.92. The minimum atomic E-state index is -4.71. The molecule has 3 rings (SSSR count). The largest absolute Gasteiger partial charge is 0.435 e. The van der Waals surface area contributed by atoms with E-state index in [4.69, 9.17) is 0 Å². The highest BCUT2D eigenvalue weighted by Gasteiger charge is 2.40. The molecule has 2 heterocycles. The maximum absolute atomic E-state index is 13.0. The molecule has 0 aliphatic carbocycles. The van der Waals surface area contributed by atoms with Crippen molar-refractivity contribution in [2.45, 2.75) is 31.4 Å². The van der Waals surface area contributed by atoms with Crippen molar-refractivity contribution in [1.82, 2.24) is 15.1 Å². The topological polar surface area (TPSA) is 69.2 Å². The summed E-state index contributed by atoms with van der Waals surface area (Å²) >= 11 is 0. The molecule has 0 radical (unpaired) electrons. The van der Waals surface area contributed by atoms with E-state index in [1.165, 1.54) is 0 Å². The van der Waals surface area contributed by atoms with Crippen LogP contribution in [0.1, 0.15) is 34.2 Å². The molecule has 2 N–H and O–H groups in total. The molecule has 1 amide bonds. The van der Waals surface area contributed by atoms with E-state index >= 15 is 0 Å². The average Bonchev–Trinajstić information content (AvgIpc) is 3.03. The molecule has 0 saturated carbocycles. The first kappa shape index (κ1) is 19.2. The Morgan fingerprint density at radius 2 is 1.89 bits per heavy atom. The van der Waals surface area contributed by atoms with Gasteiger partial charge in [-0.05, 0) is 17.7 Å². The van der Waals surface area contributed by atoms with Crippen molar-refractivity contribution in [2.75, 3.05) is 6.54 Å². The fourth-order valence-corrected chi connectivity index (χ4v) is 2.92. The molecule has 0 fully saturated rings. The minimum absolute atomic E-state index is 0.00133. The normalized spacial score (nSPS) is 16.2. The number of carbonyl (C=O) groups excluding carboxylic acids is 1. The number of H-pyrrole nitrogens is 1. The van der Waals surface area contributed by atoms with E-state index < -0.39 is 42.2 Å². The smallest absolute Gasteiger partial charge is 0.378 e. The predicted molar refractivity (Wildman–Crippen MR) is 79.1 cm³/mol. The van der Waals surface area contributed by atoms with Gasteiger partial charge in [-0.15, -0.1) is 0 Å². The highest BCUT2D eigenvalue weighted by atomic mass is 19.4. The van der Waals surface area contributed by atoms with Crippen molar-refractivity contribution in [3.05, 3.63) is 52.3 Å².